The van der Waals surface area contributed by atoms with Crippen molar-refractivity contribution < 1.29 is 22.7 Å². The van der Waals surface area contributed by atoms with Crippen molar-refractivity contribution in [2.24, 2.45) is 0 Å². The molecule has 1 saturated heterocycles. The highest BCUT2D eigenvalue weighted by Gasteiger charge is 2.29. The summed E-state index contributed by atoms with van der Waals surface area (Å²) in [5.74, 6) is 0.551. The molecule has 2 heterocycles. The van der Waals surface area contributed by atoms with Gasteiger partial charge < -0.3 is 14.8 Å². The van der Waals surface area contributed by atoms with Crippen LogP contribution >= 0.6 is 0 Å². The Morgan fingerprint density at radius 2 is 1.85 bits per heavy atom. The van der Waals surface area contributed by atoms with Gasteiger partial charge in [-0.3, -0.25) is 4.79 Å². The van der Waals surface area contributed by atoms with Gasteiger partial charge in [0, 0.05) is 24.2 Å². The molecule has 9 heteroatoms. The maximum atomic E-state index is 13.3. The van der Waals surface area contributed by atoms with E-state index in [0.29, 0.717) is 36.6 Å². The Kier molecular flexibility index (Phi) is 6.80. The van der Waals surface area contributed by atoms with E-state index in [1.165, 1.54) is 10.4 Å². The first-order valence-electron chi connectivity index (χ1n) is 11.0. The number of benzene rings is 2. The van der Waals surface area contributed by atoms with Crippen molar-refractivity contribution in [1.82, 2.24) is 9.29 Å². The molecule has 8 nitrogen and oxygen atoms in total. The van der Waals surface area contributed by atoms with E-state index < -0.39 is 15.9 Å². The summed E-state index contributed by atoms with van der Waals surface area (Å²) in [4.78, 5) is 17.3. The molecule has 1 N–H and O–H groups in total. The molecule has 174 valence electrons. The summed E-state index contributed by atoms with van der Waals surface area (Å²) in [5.41, 5.74) is 1.24. The van der Waals surface area contributed by atoms with Crippen molar-refractivity contribution >= 4 is 32.5 Å². The Morgan fingerprint density at radius 1 is 1.06 bits per heavy atom. The molecular formula is C24H27N3O5S. The third-order valence-corrected chi connectivity index (χ3v) is 7.48. The van der Waals surface area contributed by atoms with Gasteiger partial charge in [0.1, 0.15) is 22.1 Å². The van der Waals surface area contributed by atoms with Crippen molar-refractivity contribution in [3.63, 3.8) is 0 Å². The number of carbonyl (C=O) groups is 1. The molecule has 0 unspecified atom stereocenters. The number of nitrogens with one attached hydrogen (secondary N) is 1. The number of hydrogen-bond donors (Lipinski definition) is 1. The summed E-state index contributed by atoms with van der Waals surface area (Å²) in [6, 6.07) is 13.5. The molecule has 1 aromatic heterocycles. The van der Waals surface area contributed by atoms with Crippen LogP contribution in [0, 0.1) is 0 Å². The monoisotopic (exact) mass is 469 g/mol. The van der Waals surface area contributed by atoms with Gasteiger partial charge in [0.15, 0.2) is 0 Å². The third kappa shape index (κ3) is 4.94. The van der Waals surface area contributed by atoms with Crippen LogP contribution in [0.5, 0.6) is 11.5 Å². The maximum absolute atomic E-state index is 13.3. The Morgan fingerprint density at radius 3 is 2.58 bits per heavy atom. The van der Waals surface area contributed by atoms with E-state index in [-0.39, 0.29) is 16.3 Å². The van der Waals surface area contributed by atoms with Gasteiger partial charge in [0.2, 0.25) is 10.0 Å². The topological polar surface area (TPSA) is 97.8 Å². The minimum Gasteiger partial charge on any atom is -0.497 e. The highest BCUT2D eigenvalue weighted by Crippen LogP contribution is 2.31. The van der Waals surface area contributed by atoms with E-state index in [1.54, 1.807) is 50.4 Å². The van der Waals surface area contributed by atoms with Crippen LogP contribution in [0.3, 0.4) is 0 Å². The number of carbonyl (C=O) groups excluding carboxylic acids is 1. The lowest BCUT2D eigenvalue weighted by Gasteiger charge is -2.27. The van der Waals surface area contributed by atoms with Crippen LogP contribution in [0.4, 0.5) is 5.69 Å². The van der Waals surface area contributed by atoms with Gasteiger partial charge in [-0.1, -0.05) is 12.5 Å². The predicted molar refractivity (Wildman–Crippen MR) is 126 cm³/mol. The molecule has 0 bridgehead atoms. The summed E-state index contributed by atoms with van der Waals surface area (Å²) in [6.07, 6.45) is 2.68. The van der Waals surface area contributed by atoms with Crippen LogP contribution in [-0.2, 0) is 10.0 Å². The normalized spacial score (nSPS) is 14.7. The van der Waals surface area contributed by atoms with E-state index in [4.69, 9.17) is 9.47 Å². The van der Waals surface area contributed by atoms with Crippen LogP contribution in [0.1, 0.15) is 36.7 Å². The van der Waals surface area contributed by atoms with Gasteiger partial charge in [0.25, 0.3) is 5.91 Å². The second-order valence-corrected chi connectivity index (χ2v) is 9.67. The molecule has 1 aliphatic rings. The second-order valence-electron chi connectivity index (χ2n) is 7.77. The Bertz CT molecular complexity index is 1270. The first-order valence-corrected chi connectivity index (χ1v) is 12.4. The zero-order chi connectivity index (χ0) is 23.4. The van der Waals surface area contributed by atoms with Crippen LogP contribution < -0.4 is 14.8 Å². The molecule has 1 fully saturated rings. The highest BCUT2D eigenvalue weighted by atomic mass is 32.2. The van der Waals surface area contributed by atoms with E-state index in [9.17, 15) is 13.2 Å². The van der Waals surface area contributed by atoms with Crippen LogP contribution in [0.15, 0.2) is 53.4 Å². The van der Waals surface area contributed by atoms with Crippen LogP contribution in [0.25, 0.3) is 10.9 Å². The predicted octanol–water partition coefficient (Wildman–Crippen LogP) is 4.07. The zero-order valence-corrected chi connectivity index (χ0v) is 19.5. The molecule has 0 atom stereocenters. The lowest BCUT2D eigenvalue weighted by molar-refractivity contribution is 0.102. The first kappa shape index (κ1) is 23.0. The Labute approximate surface area is 193 Å². The first-order chi connectivity index (χ1) is 15.9. The summed E-state index contributed by atoms with van der Waals surface area (Å²) in [7, 11) is -2.15. The number of rotatable bonds is 7. The second kappa shape index (κ2) is 9.76. The van der Waals surface area contributed by atoms with Crippen LogP contribution in [-0.4, -0.2) is 50.4 Å². The van der Waals surface area contributed by atoms with Crippen molar-refractivity contribution in [3.8, 4) is 11.5 Å². The van der Waals surface area contributed by atoms with Crippen molar-refractivity contribution in [3.05, 3.63) is 54.2 Å². The molecule has 4 rings (SSSR count). The molecule has 1 amide bonds. The molecular weight excluding hydrogens is 442 g/mol. The number of sulfonamides is 1. The number of nitrogens with zero attached hydrogens (tertiary/aromatic N) is 2. The summed E-state index contributed by atoms with van der Waals surface area (Å²) >= 11 is 0. The van der Waals surface area contributed by atoms with E-state index in [1.807, 2.05) is 6.07 Å². The van der Waals surface area contributed by atoms with Gasteiger partial charge >= 0.3 is 0 Å². The number of piperidine rings is 1. The molecule has 0 aliphatic carbocycles. The SMILES string of the molecule is CCOc1ccc(NC(=O)c2ccc3cc(OC)ccc3n2)cc1S(=O)(=O)N1CCCCC1. The van der Waals surface area contributed by atoms with Crippen molar-refractivity contribution in [1.29, 1.82) is 0 Å². The number of aromatic nitrogens is 1. The van der Waals surface area contributed by atoms with Gasteiger partial charge in [-0.05, 0) is 62.2 Å². The number of amides is 1. The fraction of sp³-hybridized carbons (Fsp3) is 0.333. The number of methoxy groups -OCH3 is 1. The Balaban J connectivity index is 1.62. The molecule has 0 spiro atoms. The third-order valence-electron chi connectivity index (χ3n) is 5.56. The average molecular weight is 470 g/mol. The largest absolute Gasteiger partial charge is 0.497 e. The lowest BCUT2D eigenvalue weighted by Crippen LogP contribution is -2.35. The molecule has 33 heavy (non-hydrogen) atoms. The Hall–Kier alpha value is -3.17. The summed E-state index contributed by atoms with van der Waals surface area (Å²) in [5, 5.41) is 3.61. The summed E-state index contributed by atoms with van der Waals surface area (Å²) in [6.45, 7) is 3.10. The highest BCUT2D eigenvalue weighted by molar-refractivity contribution is 7.89. The number of hydrogen-bond acceptors (Lipinski definition) is 6. The van der Waals surface area contributed by atoms with Gasteiger partial charge in [-0.25, -0.2) is 13.4 Å². The number of fused-ring (bicyclic) bond motifs is 1. The average Bonchev–Trinajstić information content (AvgIpc) is 2.84. The van der Waals surface area contributed by atoms with Gasteiger partial charge in [-0.15, -0.1) is 0 Å². The van der Waals surface area contributed by atoms with Gasteiger partial charge in [0.05, 0.1) is 19.2 Å². The number of anilines is 1. The smallest absolute Gasteiger partial charge is 0.274 e. The molecule has 3 aromatic rings. The molecule has 2 aromatic carbocycles. The molecule has 0 radical (unpaired) electrons. The fourth-order valence-electron chi connectivity index (χ4n) is 3.86. The number of pyridine rings is 1. The minimum atomic E-state index is -3.74. The van der Waals surface area contributed by atoms with Crippen molar-refractivity contribution in [2.75, 3.05) is 32.1 Å². The van der Waals surface area contributed by atoms with E-state index in [2.05, 4.69) is 10.3 Å². The van der Waals surface area contributed by atoms with Gasteiger partial charge in [-0.2, -0.15) is 4.31 Å². The minimum absolute atomic E-state index is 0.0580. The van der Waals surface area contributed by atoms with E-state index >= 15 is 0 Å². The molecule has 0 saturated carbocycles. The summed E-state index contributed by atoms with van der Waals surface area (Å²) < 4.78 is 38.9. The lowest BCUT2D eigenvalue weighted by atomic mass is 10.2. The van der Waals surface area contributed by atoms with Crippen molar-refractivity contribution in [2.45, 2.75) is 31.1 Å². The van der Waals surface area contributed by atoms with Crippen LogP contribution in [0.2, 0.25) is 0 Å². The van der Waals surface area contributed by atoms with E-state index in [0.717, 1.165) is 24.6 Å². The maximum Gasteiger partial charge on any atom is 0.274 e. The quantitative estimate of drug-likeness (QED) is 0.560. The fourth-order valence-corrected chi connectivity index (χ4v) is 5.53. The molecule has 1 aliphatic heterocycles. The standard InChI is InChI=1S/C24H27N3O5S/c1-3-32-22-12-8-18(16-23(22)33(29,30)27-13-5-4-6-14-27)25-24(28)21-10-7-17-15-19(31-2)9-11-20(17)26-21/h7-12,15-16H,3-6,13-14H2,1-2H3,(H,25,28). The zero-order valence-electron chi connectivity index (χ0n) is 18.7. The number of ether oxygens (including phenoxy) is 2.